The summed E-state index contributed by atoms with van der Waals surface area (Å²) in [4.78, 5) is 0. The highest BCUT2D eigenvalue weighted by Gasteiger charge is 2.30. The molecule has 2 atom stereocenters. The first-order valence-electron chi connectivity index (χ1n) is 6.32. The van der Waals surface area contributed by atoms with Gasteiger partial charge in [-0.3, -0.25) is 0 Å². The average molecular weight is 275 g/mol. The van der Waals surface area contributed by atoms with Crippen LogP contribution in [0.5, 0.6) is 5.75 Å². The van der Waals surface area contributed by atoms with Crippen molar-refractivity contribution in [1.29, 1.82) is 0 Å². The Morgan fingerprint density at radius 2 is 1.74 bits per heavy atom. The zero-order chi connectivity index (χ0) is 14.5. The standard InChI is InChI=1S/C14H20F3NO/c1-10(8-11(2)18-3)9-12-4-6-13(7-5-12)19-14(15,16)17/h4-7,10-11,18H,8-9H2,1-3H3. The van der Waals surface area contributed by atoms with Crippen LogP contribution in [0.15, 0.2) is 24.3 Å². The zero-order valence-electron chi connectivity index (χ0n) is 11.4. The summed E-state index contributed by atoms with van der Waals surface area (Å²) in [5, 5.41) is 3.17. The highest BCUT2D eigenvalue weighted by atomic mass is 19.4. The summed E-state index contributed by atoms with van der Waals surface area (Å²) in [6.07, 6.45) is -2.76. The molecule has 1 rings (SSSR count). The molecule has 0 spiro atoms. The molecule has 1 aromatic rings. The van der Waals surface area contributed by atoms with Crippen LogP contribution in [0.2, 0.25) is 0 Å². The molecule has 2 nitrogen and oxygen atoms in total. The maximum absolute atomic E-state index is 12.0. The molecule has 0 aliphatic heterocycles. The summed E-state index contributed by atoms with van der Waals surface area (Å²) < 4.78 is 39.8. The molecule has 0 radical (unpaired) electrons. The van der Waals surface area contributed by atoms with Gasteiger partial charge in [-0.05, 0) is 50.4 Å². The van der Waals surface area contributed by atoms with Crippen molar-refractivity contribution < 1.29 is 17.9 Å². The molecular weight excluding hydrogens is 255 g/mol. The van der Waals surface area contributed by atoms with Crippen LogP contribution in [0.3, 0.4) is 0 Å². The first-order valence-corrected chi connectivity index (χ1v) is 6.32. The Morgan fingerprint density at radius 3 is 2.21 bits per heavy atom. The minimum absolute atomic E-state index is 0.174. The number of ether oxygens (including phenoxy) is 1. The second kappa shape index (κ2) is 6.80. The highest BCUT2D eigenvalue weighted by Crippen LogP contribution is 2.23. The number of benzene rings is 1. The van der Waals surface area contributed by atoms with Gasteiger partial charge in [0.25, 0.3) is 0 Å². The maximum atomic E-state index is 12.0. The summed E-state index contributed by atoms with van der Waals surface area (Å²) in [5.74, 6) is 0.296. The number of hydrogen-bond acceptors (Lipinski definition) is 2. The average Bonchev–Trinajstić information content (AvgIpc) is 2.29. The number of halogens is 3. The molecule has 0 aliphatic carbocycles. The Bertz CT molecular complexity index is 375. The van der Waals surface area contributed by atoms with E-state index in [-0.39, 0.29) is 5.75 Å². The quantitative estimate of drug-likeness (QED) is 0.853. The van der Waals surface area contributed by atoms with Gasteiger partial charge >= 0.3 is 6.36 Å². The van der Waals surface area contributed by atoms with Crippen molar-refractivity contribution in [1.82, 2.24) is 5.32 Å². The Hall–Kier alpha value is -1.23. The second-order valence-electron chi connectivity index (χ2n) is 4.93. The third kappa shape index (κ3) is 6.47. The monoisotopic (exact) mass is 275 g/mol. The van der Waals surface area contributed by atoms with Crippen LogP contribution in [0.25, 0.3) is 0 Å². The molecule has 0 aromatic heterocycles. The normalized spacial score (nSPS) is 15.1. The lowest BCUT2D eigenvalue weighted by molar-refractivity contribution is -0.274. The van der Waals surface area contributed by atoms with Gasteiger partial charge in [-0.2, -0.15) is 0 Å². The van der Waals surface area contributed by atoms with Crippen LogP contribution in [0.1, 0.15) is 25.8 Å². The molecule has 2 unspecified atom stereocenters. The van der Waals surface area contributed by atoms with Crippen molar-refractivity contribution in [3.63, 3.8) is 0 Å². The van der Waals surface area contributed by atoms with Gasteiger partial charge in [0.2, 0.25) is 0 Å². The molecule has 1 aromatic carbocycles. The third-order valence-electron chi connectivity index (χ3n) is 2.99. The minimum atomic E-state index is -4.63. The number of nitrogens with one attached hydrogen (secondary N) is 1. The van der Waals surface area contributed by atoms with Crippen LogP contribution in [0.4, 0.5) is 13.2 Å². The van der Waals surface area contributed by atoms with Crippen molar-refractivity contribution in [3.05, 3.63) is 29.8 Å². The number of rotatable bonds is 6. The molecule has 0 saturated heterocycles. The van der Waals surface area contributed by atoms with E-state index in [4.69, 9.17) is 0 Å². The molecule has 108 valence electrons. The molecule has 0 amide bonds. The van der Waals surface area contributed by atoms with Crippen LogP contribution in [-0.2, 0) is 6.42 Å². The molecule has 0 aliphatic rings. The Balaban J connectivity index is 2.52. The second-order valence-corrected chi connectivity index (χ2v) is 4.93. The fourth-order valence-corrected chi connectivity index (χ4v) is 2.03. The van der Waals surface area contributed by atoms with Crippen LogP contribution in [0, 0.1) is 5.92 Å². The van der Waals surface area contributed by atoms with E-state index >= 15 is 0 Å². The van der Waals surface area contributed by atoms with E-state index in [0.717, 1.165) is 18.4 Å². The van der Waals surface area contributed by atoms with E-state index < -0.39 is 6.36 Å². The third-order valence-corrected chi connectivity index (χ3v) is 2.99. The Labute approximate surface area is 112 Å². The van der Waals surface area contributed by atoms with Gasteiger partial charge in [-0.15, -0.1) is 13.2 Å². The first kappa shape index (κ1) is 15.8. The molecule has 0 fully saturated rings. The smallest absolute Gasteiger partial charge is 0.406 e. The van der Waals surface area contributed by atoms with E-state index in [1.165, 1.54) is 12.1 Å². The van der Waals surface area contributed by atoms with Crippen molar-refractivity contribution in [3.8, 4) is 5.75 Å². The van der Waals surface area contributed by atoms with Crippen molar-refractivity contribution in [2.45, 2.75) is 39.1 Å². The van der Waals surface area contributed by atoms with Gasteiger partial charge in [0.15, 0.2) is 0 Å². The Kier molecular flexibility index (Phi) is 5.66. The molecule has 5 heteroatoms. The van der Waals surface area contributed by atoms with Crippen molar-refractivity contribution >= 4 is 0 Å². The molecule has 0 heterocycles. The predicted octanol–water partition coefficient (Wildman–Crippen LogP) is 3.76. The SMILES string of the molecule is CNC(C)CC(C)Cc1ccc(OC(F)(F)F)cc1. The lowest BCUT2D eigenvalue weighted by atomic mass is 9.95. The van der Waals surface area contributed by atoms with E-state index in [9.17, 15) is 13.2 Å². The molecule has 0 bridgehead atoms. The number of alkyl halides is 3. The highest BCUT2D eigenvalue weighted by molar-refractivity contribution is 5.27. The lowest BCUT2D eigenvalue weighted by Gasteiger charge is -2.17. The van der Waals surface area contributed by atoms with Gasteiger partial charge in [-0.1, -0.05) is 19.1 Å². The van der Waals surface area contributed by atoms with Crippen LogP contribution in [-0.4, -0.2) is 19.5 Å². The van der Waals surface area contributed by atoms with Crippen molar-refractivity contribution in [2.24, 2.45) is 5.92 Å². The van der Waals surface area contributed by atoms with Gasteiger partial charge < -0.3 is 10.1 Å². The fraction of sp³-hybridized carbons (Fsp3) is 0.571. The summed E-state index contributed by atoms with van der Waals surface area (Å²) in [6.45, 7) is 4.24. The van der Waals surface area contributed by atoms with Crippen molar-refractivity contribution in [2.75, 3.05) is 7.05 Å². The van der Waals surface area contributed by atoms with Gasteiger partial charge in [0, 0.05) is 6.04 Å². The number of hydrogen-bond donors (Lipinski definition) is 1. The molecule has 1 N–H and O–H groups in total. The summed E-state index contributed by atoms with van der Waals surface area (Å²) >= 11 is 0. The lowest BCUT2D eigenvalue weighted by Crippen LogP contribution is -2.24. The summed E-state index contributed by atoms with van der Waals surface area (Å²) in [6, 6.07) is 6.51. The first-order chi connectivity index (χ1) is 8.80. The maximum Gasteiger partial charge on any atom is 0.573 e. The van der Waals surface area contributed by atoms with Crippen LogP contribution < -0.4 is 10.1 Å². The molecule has 19 heavy (non-hydrogen) atoms. The minimum Gasteiger partial charge on any atom is -0.406 e. The van der Waals surface area contributed by atoms with Gasteiger partial charge in [0.05, 0.1) is 0 Å². The van der Waals surface area contributed by atoms with Crippen LogP contribution >= 0.6 is 0 Å². The predicted molar refractivity (Wildman–Crippen MR) is 69.1 cm³/mol. The summed E-state index contributed by atoms with van der Waals surface area (Å²) in [7, 11) is 1.92. The molecule has 0 saturated carbocycles. The Morgan fingerprint density at radius 1 is 1.16 bits per heavy atom. The molecular formula is C14H20F3NO. The van der Waals surface area contributed by atoms with E-state index in [1.54, 1.807) is 12.1 Å². The summed E-state index contributed by atoms with van der Waals surface area (Å²) in [5.41, 5.74) is 1.02. The van der Waals surface area contributed by atoms with Gasteiger partial charge in [0.1, 0.15) is 5.75 Å². The van der Waals surface area contributed by atoms with E-state index in [0.29, 0.717) is 12.0 Å². The topological polar surface area (TPSA) is 21.3 Å². The fourth-order valence-electron chi connectivity index (χ4n) is 2.03. The van der Waals surface area contributed by atoms with E-state index in [1.807, 2.05) is 7.05 Å². The zero-order valence-corrected chi connectivity index (χ0v) is 11.4. The van der Waals surface area contributed by atoms with E-state index in [2.05, 4.69) is 23.9 Å². The van der Waals surface area contributed by atoms with Gasteiger partial charge in [-0.25, -0.2) is 0 Å². The largest absolute Gasteiger partial charge is 0.573 e.